The van der Waals surface area contributed by atoms with Gasteiger partial charge in [0, 0.05) is 38.6 Å². The molecule has 2 nitrogen and oxygen atoms in total. The summed E-state index contributed by atoms with van der Waals surface area (Å²) in [6, 6.07) is 0. The van der Waals surface area contributed by atoms with Crippen LogP contribution in [0.3, 0.4) is 0 Å². The lowest BCUT2D eigenvalue weighted by Crippen LogP contribution is -2.33. The van der Waals surface area contributed by atoms with Crippen LogP contribution in [-0.2, 0) is 0 Å². The van der Waals surface area contributed by atoms with E-state index in [2.05, 4.69) is 78.6 Å². The Morgan fingerprint density at radius 3 is 2.00 bits per heavy atom. The summed E-state index contributed by atoms with van der Waals surface area (Å²) in [5, 5.41) is 0. The molecule has 2 heteroatoms. The standard InChI is InChI=1S/C23H46N2/c1-11-21(5)24(9)17-15-13-12-14-16-23(7,8)20(4)18-25(10)22(6)19(2)3/h19-20H,5-6,11-18H2,1-4,7-10H3. The Morgan fingerprint density at radius 2 is 1.48 bits per heavy atom. The minimum absolute atomic E-state index is 0.388. The van der Waals surface area contributed by atoms with Gasteiger partial charge in [-0.05, 0) is 36.5 Å². The van der Waals surface area contributed by atoms with Gasteiger partial charge in [-0.15, -0.1) is 0 Å². The van der Waals surface area contributed by atoms with E-state index in [0.29, 0.717) is 17.3 Å². The first-order valence-corrected chi connectivity index (χ1v) is 10.3. The van der Waals surface area contributed by atoms with Gasteiger partial charge in [-0.1, -0.05) is 74.0 Å². The zero-order valence-electron chi connectivity index (χ0n) is 18.6. The first-order chi connectivity index (χ1) is 11.5. The van der Waals surface area contributed by atoms with Gasteiger partial charge in [0.2, 0.25) is 0 Å². The zero-order chi connectivity index (χ0) is 19.6. The van der Waals surface area contributed by atoms with Crippen molar-refractivity contribution in [1.82, 2.24) is 9.80 Å². The summed E-state index contributed by atoms with van der Waals surface area (Å²) < 4.78 is 0. The average Bonchev–Trinajstić information content (AvgIpc) is 2.55. The quantitative estimate of drug-likeness (QED) is 0.327. The molecule has 1 atom stereocenters. The largest absolute Gasteiger partial charge is 0.378 e. The average molecular weight is 351 g/mol. The third-order valence-corrected chi connectivity index (χ3v) is 6.05. The van der Waals surface area contributed by atoms with E-state index < -0.39 is 0 Å². The summed E-state index contributed by atoms with van der Waals surface area (Å²) in [4.78, 5) is 4.66. The second-order valence-corrected chi connectivity index (χ2v) is 8.92. The predicted octanol–water partition coefficient (Wildman–Crippen LogP) is 6.56. The van der Waals surface area contributed by atoms with Crippen LogP contribution in [0.5, 0.6) is 0 Å². The maximum Gasteiger partial charge on any atom is 0.0202 e. The van der Waals surface area contributed by atoms with E-state index in [0.717, 1.165) is 19.5 Å². The molecule has 25 heavy (non-hydrogen) atoms. The number of rotatable bonds is 14. The SMILES string of the molecule is C=C(CC)N(C)CCCCCCC(C)(C)C(C)CN(C)C(=C)C(C)C. The molecule has 148 valence electrons. The Balaban J connectivity index is 4.07. The van der Waals surface area contributed by atoms with Crippen molar-refractivity contribution in [2.75, 3.05) is 27.2 Å². The van der Waals surface area contributed by atoms with Crippen molar-refractivity contribution in [2.24, 2.45) is 17.3 Å². The van der Waals surface area contributed by atoms with Crippen LogP contribution in [0.4, 0.5) is 0 Å². The van der Waals surface area contributed by atoms with Crippen molar-refractivity contribution in [3.8, 4) is 0 Å². The van der Waals surface area contributed by atoms with Gasteiger partial charge in [0.15, 0.2) is 0 Å². The highest BCUT2D eigenvalue weighted by molar-refractivity contribution is 4.96. The van der Waals surface area contributed by atoms with E-state index in [4.69, 9.17) is 0 Å². The lowest BCUT2D eigenvalue weighted by Gasteiger charge is -2.36. The van der Waals surface area contributed by atoms with E-state index in [1.807, 2.05) is 0 Å². The van der Waals surface area contributed by atoms with Crippen LogP contribution in [0.25, 0.3) is 0 Å². The monoisotopic (exact) mass is 350 g/mol. The molecule has 0 aliphatic carbocycles. The first-order valence-electron chi connectivity index (χ1n) is 10.3. The van der Waals surface area contributed by atoms with Crippen LogP contribution in [0.15, 0.2) is 24.6 Å². The highest BCUT2D eigenvalue weighted by Crippen LogP contribution is 2.34. The Hall–Kier alpha value is -0.920. The molecule has 0 rings (SSSR count). The minimum atomic E-state index is 0.388. The van der Waals surface area contributed by atoms with Crippen LogP contribution in [0, 0.1) is 17.3 Å². The molecule has 0 aromatic heterocycles. The van der Waals surface area contributed by atoms with Crippen molar-refractivity contribution in [3.63, 3.8) is 0 Å². The topological polar surface area (TPSA) is 6.48 Å². The van der Waals surface area contributed by atoms with Crippen molar-refractivity contribution in [1.29, 1.82) is 0 Å². The number of unbranched alkanes of at least 4 members (excludes halogenated alkanes) is 3. The third kappa shape index (κ3) is 9.37. The fraction of sp³-hybridized carbons (Fsp3) is 0.826. The molecule has 0 heterocycles. The Morgan fingerprint density at radius 1 is 0.920 bits per heavy atom. The van der Waals surface area contributed by atoms with Crippen LogP contribution >= 0.6 is 0 Å². The van der Waals surface area contributed by atoms with E-state index >= 15 is 0 Å². The highest BCUT2D eigenvalue weighted by Gasteiger charge is 2.26. The molecule has 0 fully saturated rings. The van der Waals surface area contributed by atoms with Gasteiger partial charge in [0.05, 0.1) is 0 Å². The molecule has 0 amide bonds. The smallest absolute Gasteiger partial charge is 0.0202 e. The number of allylic oxidation sites excluding steroid dienone is 2. The third-order valence-electron chi connectivity index (χ3n) is 6.05. The number of hydrogen-bond donors (Lipinski definition) is 0. The number of hydrogen-bond acceptors (Lipinski definition) is 2. The molecule has 0 aromatic carbocycles. The highest BCUT2D eigenvalue weighted by atomic mass is 15.1. The summed E-state index contributed by atoms with van der Waals surface area (Å²) in [6.45, 7) is 24.5. The lowest BCUT2D eigenvalue weighted by molar-refractivity contribution is 0.162. The van der Waals surface area contributed by atoms with Crippen molar-refractivity contribution in [2.45, 2.75) is 80.1 Å². The van der Waals surface area contributed by atoms with Gasteiger partial charge in [-0.3, -0.25) is 0 Å². The fourth-order valence-corrected chi connectivity index (χ4v) is 3.17. The van der Waals surface area contributed by atoms with Gasteiger partial charge < -0.3 is 9.80 Å². The second kappa shape index (κ2) is 11.6. The molecule has 0 aliphatic rings. The molecule has 0 bridgehead atoms. The summed E-state index contributed by atoms with van der Waals surface area (Å²) in [5.74, 6) is 1.20. The second-order valence-electron chi connectivity index (χ2n) is 8.92. The number of nitrogens with zero attached hydrogens (tertiary/aromatic N) is 2. The lowest BCUT2D eigenvalue weighted by atomic mass is 9.75. The molecule has 0 N–H and O–H groups in total. The molecule has 0 saturated heterocycles. The maximum atomic E-state index is 4.23. The molecule has 0 aromatic rings. The fourth-order valence-electron chi connectivity index (χ4n) is 3.17. The normalized spacial score (nSPS) is 13.0. The molecular formula is C23H46N2. The van der Waals surface area contributed by atoms with Crippen molar-refractivity contribution >= 4 is 0 Å². The van der Waals surface area contributed by atoms with Crippen molar-refractivity contribution < 1.29 is 0 Å². The van der Waals surface area contributed by atoms with Crippen LogP contribution in [0.2, 0.25) is 0 Å². The van der Waals surface area contributed by atoms with Crippen LogP contribution in [-0.4, -0.2) is 37.0 Å². The van der Waals surface area contributed by atoms with Crippen molar-refractivity contribution in [3.05, 3.63) is 24.6 Å². The van der Waals surface area contributed by atoms with E-state index in [1.54, 1.807) is 0 Å². The van der Waals surface area contributed by atoms with Crippen LogP contribution < -0.4 is 0 Å². The Labute approximate surface area is 159 Å². The van der Waals surface area contributed by atoms with Gasteiger partial charge in [-0.2, -0.15) is 0 Å². The molecule has 0 spiro atoms. The van der Waals surface area contributed by atoms with Gasteiger partial charge in [0.1, 0.15) is 0 Å². The van der Waals surface area contributed by atoms with E-state index in [9.17, 15) is 0 Å². The molecular weight excluding hydrogens is 304 g/mol. The van der Waals surface area contributed by atoms with Gasteiger partial charge >= 0.3 is 0 Å². The van der Waals surface area contributed by atoms with E-state index in [1.165, 1.54) is 43.5 Å². The zero-order valence-corrected chi connectivity index (χ0v) is 18.6. The molecule has 0 aliphatic heterocycles. The van der Waals surface area contributed by atoms with Gasteiger partial charge in [-0.25, -0.2) is 0 Å². The Bertz CT molecular complexity index is 395. The van der Waals surface area contributed by atoms with E-state index in [-0.39, 0.29) is 0 Å². The summed E-state index contributed by atoms with van der Waals surface area (Å²) >= 11 is 0. The first kappa shape index (κ1) is 24.1. The summed E-state index contributed by atoms with van der Waals surface area (Å²) in [7, 11) is 4.35. The molecule has 1 unspecified atom stereocenters. The Kier molecular flexibility index (Phi) is 11.2. The van der Waals surface area contributed by atoms with Gasteiger partial charge in [0.25, 0.3) is 0 Å². The molecule has 0 saturated carbocycles. The summed E-state index contributed by atoms with van der Waals surface area (Å²) in [6.07, 6.45) is 7.66. The molecule has 0 radical (unpaired) electrons. The predicted molar refractivity (Wildman–Crippen MR) is 115 cm³/mol. The van der Waals surface area contributed by atoms with Crippen LogP contribution in [0.1, 0.15) is 80.1 Å². The summed E-state index contributed by atoms with van der Waals surface area (Å²) in [5.41, 5.74) is 2.89. The maximum absolute atomic E-state index is 4.23. The minimum Gasteiger partial charge on any atom is -0.378 e.